The molecule has 0 bridgehead atoms. The van der Waals surface area contributed by atoms with Crippen LogP contribution < -0.4 is 4.90 Å². The lowest BCUT2D eigenvalue weighted by molar-refractivity contribution is -0.0305. The van der Waals surface area contributed by atoms with E-state index < -0.39 is 5.60 Å². The van der Waals surface area contributed by atoms with Gasteiger partial charge in [-0.25, -0.2) is 4.98 Å². The third-order valence-corrected chi connectivity index (χ3v) is 3.85. The number of pyridine rings is 1. The molecule has 88 valence electrons. The minimum absolute atomic E-state index is 0.285. The van der Waals surface area contributed by atoms with Crippen LogP contribution in [0.25, 0.3) is 0 Å². The van der Waals surface area contributed by atoms with Crippen molar-refractivity contribution in [1.82, 2.24) is 4.98 Å². The van der Waals surface area contributed by atoms with Crippen molar-refractivity contribution in [2.75, 3.05) is 18.0 Å². The number of hydrogen-bond donors (Lipinski definition) is 1. The Kier molecular flexibility index (Phi) is 2.97. The van der Waals surface area contributed by atoms with Crippen LogP contribution in [-0.2, 0) is 0 Å². The summed E-state index contributed by atoms with van der Waals surface area (Å²) in [6.07, 6.45) is 1.85. The number of hydrogen-bond acceptors (Lipinski definition) is 3. The van der Waals surface area contributed by atoms with E-state index in [0.717, 1.165) is 15.9 Å². The van der Waals surface area contributed by atoms with Crippen LogP contribution in [0.2, 0.25) is 0 Å². The Bertz CT molecular complexity index is 400. The van der Waals surface area contributed by atoms with Crippen molar-refractivity contribution in [2.45, 2.75) is 26.4 Å². The first-order chi connectivity index (χ1) is 7.42. The van der Waals surface area contributed by atoms with E-state index >= 15 is 0 Å². The highest BCUT2D eigenvalue weighted by molar-refractivity contribution is 9.10. The van der Waals surface area contributed by atoms with Crippen LogP contribution >= 0.6 is 15.9 Å². The van der Waals surface area contributed by atoms with Gasteiger partial charge in [0.2, 0.25) is 0 Å². The first-order valence-electron chi connectivity index (χ1n) is 5.52. The highest BCUT2D eigenvalue weighted by Gasteiger charge is 2.44. The van der Waals surface area contributed by atoms with Crippen LogP contribution in [0.3, 0.4) is 0 Å². The van der Waals surface area contributed by atoms with Gasteiger partial charge in [-0.05, 0) is 40.4 Å². The summed E-state index contributed by atoms with van der Waals surface area (Å²) in [6.45, 7) is 7.45. The van der Waals surface area contributed by atoms with Gasteiger partial charge in [-0.15, -0.1) is 0 Å². The molecule has 1 N–H and O–H groups in total. The number of aliphatic hydroxyl groups is 1. The Morgan fingerprint density at radius 3 is 2.62 bits per heavy atom. The lowest BCUT2D eigenvalue weighted by Gasteiger charge is -2.49. The average Bonchev–Trinajstić information content (AvgIpc) is 2.13. The maximum atomic E-state index is 10.2. The summed E-state index contributed by atoms with van der Waals surface area (Å²) in [5, 5.41) is 10.2. The quantitative estimate of drug-likeness (QED) is 0.906. The van der Waals surface area contributed by atoms with Crippen LogP contribution in [0, 0.1) is 12.8 Å². The molecule has 16 heavy (non-hydrogen) atoms. The molecule has 1 aromatic rings. The molecular weight excluding hydrogens is 268 g/mol. The van der Waals surface area contributed by atoms with Crippen LogP contribution in [0.4, 0.5) is 5.82 Å². The molecule has 0 aromatic carbocycles. The summed E-state index contributed by atoms with van der Waals surface area (Å²) in [5.74, 6) is 1.21. The second kappa shape index (κ2) is 4.00. The molecule has 0 radical (unpaired) electrons. The maximum absolute atomic E-state index is 10.2. The maximum Gasteiger partial charge on any atom is 0.143 e. The molecule has 0 unspecified atom stereocenters. The molecular formula is C12H17BrN2O. The van der Waals surface area contributed by atoms with E-state index in [1.54, 1.807) is 0 Å². The fourth-order valence-corrected chi connectivity index (χ4v) is 2.60. The highest BCUT2D eigenvalue weighted by atomic mass is 79.9. The summed E-state index contributed by atoms with van der Waals surface area (Å²) < 4.78 is 0.998. The molecule has 0 aliphatic carbocycles. The van der Waals surface area contributed by atoms with Gasteiger partial charge in [0.15, 0.2) is 0 Å². The third kappa shape index (κ3) is 1.96. The fourth-order valence-electron chi connectivity index (χ4n) is 1.89. The van der Waals surface area contributed by atoms with E-state index in [4.69, 9.17) is 0 Å². The summed E-state index contributed by atoms with van der Waals surface area (Å²) in [6, 6.07) is 2.05. The number of aryl methyl sites for hydroxylation is 1. The lowest BCUT2D eigenvalue weighted by atomic mass is 9.83. The van der Waals surface area contributed by atoms with Crippen molar-refractivity contribution in [3.8, 4) is 0 Å². The average molecular weight is 285 g/mol. The summed E-state index contributed by atoms with van der Waals surface area (Å²) in [7, 11) is 0. The molecule has 1 saturated heterocycles. The Hall–Kier alpha value is -0.610. The molecule has 4 heteroatoms. The van der Waals surface area contributed by atoms with Crippen molar-refractivity contribution < 1.29 is 5.11 Å². The van der Waals surface area contributed by atoms with Gasteiger partial charge in [0.25, 0.3) is 0 Å². The van der Waals surface area contributed by atoms with Crippen LogP contribution in [-0.4, -0.2) is 28.8 Å². The molecule has 1 aliphatic rings. The van der Waals surface area contributed by atoms with E-state index in [9.17, 15) is 5.11 Å². The molecule has 2 rings (SSSR count). The van der Waals surface area contributed by atoms with E-state index in [-0.39, 0.29) is 5.92 Å². The Morgan fingerprint density at radius 1 is 1.50 bits per heavy atom. The molecule has 1 aromatic heterocycles. The predicted octanol–water partition coefficient (Wildman–Crippen LogP) is 2.36. The second-order valence-electron chi connectivity index (χ2n) is 4.93. The van der Waals surface area contributed by atoms with Gasteiger partial charge >= 0.3 is 0 Å². The number of rotatable bonds is 2. The van der Waals surface area contributed by atoms with Crippen molar-refractivity contribution in [3.63, 3.8) is 0 Å². The molecule has 1 fully saturated rings. The smallest absolute Gasteiger partial charge is 0.143 e. The number of nitrogens with zero attached hydrogens (tertiary/aromatic N) is 2. The number of aromatic nitrogens is 1. The van der Waals surface area contributed by atoms with Gasteiger partial charge in [-0.3, -0.25) is 0 Å². The molecule has 1 aliphatic heterocycles. The van der Waals surface area contributed by atoms with E-state index in [0.29, 0.717) is 13.1 Å². The summed E-state index contributed by atoms with van der Waals surface area (Å²) in [5.41, 5.74) is 0.585. The van der Waals surface area contributed by atoms with E-state index in [2.05, 4.69) is 45.7 Å². The van der Waals surface area contributed by atoms with Crippen LogP contribution in [0.5, 0.6) is 0 Å². The Balaban J connectivity index is 2.12. The van der Waals surface area contributed by atoms with Crippen molar-refractivity contribution in [3.05, 3.63) is 22.3 Å². The van der Waals surface area contributed by atoms with Gasteiger partial charge in [0.05, 0.1) is 17.6 Å². The largest absolute Gasteiger partial charge is 0.386 e. The minimum atomic E-state index is -0.550. The normalized spacial score (nSPS) is 18.8. The van der Waals surface area contributed by atoms with Crippen LogP contribution in [0.15, 0.2) is 16.7 Å². The van der Waals surface area contributed by atoms with E-state index in [1.807, 2.05) is 13.1 Å². The van der Waals surface area contributed by atoms with Crippen molar-refractivity contribution in [1.29, 1.82) is 0 Å². The first-order valence-corrected chi connectivity index (χ1v) is 6.31. The Morgan fingerprint density at radius 2 is 2.12 bits per heavy atom. The zero-order valence-corrected chi connectivity index (χ0v) is 11.5. The molecule has 0 spiro atoms. The fraction of sp³-hybridized carbons (Fsp3) is 0.583. The lowest BCUT2D eigenvalue weighted by Crippen LogP contribution is -2.65. The second-order valence-corrected chi connectivity index (χ2v) is 5.79. The summed E-state index contributed by atoms with van der Waals surface area (Å²) >= 11 is 3.51. The monoisotopic (exact) mass is 284 g/mol. The predicted molar refractivity (Wildman–Crippen MR) is 68.7 cm³/mol. The highest BCUT2D eigenvalue weighted by Crippen LogP contribution is 2.35. The molecule has 3 nitrogen and oxygen atoms in total. The SMILES string of the molecule is Cc1cnc(N2CC(O)(C(C)C)C2)c(Br)c1. The summed E-state index contributed by atoms with van der Waals surface area (Å²) in [4.78, 5) is 6.49. The molecule has 0 saturated carbocycles. The van der Waals surface area contributed by atoms with E-state index in [1.165, 1.54) is 0 Å². The van der Waals surface area contributed by atoms with Gasteiger partial charge < -0.3 is 10.0 Å². The minimum Gasteiger partial charge on any atom is -0.386 e. The van der Waals surface area contributed by atoms with Gasteiger partial charge in [-0.1, -0.05) is 13.8 Å². The Labute approximate surface area is 105 Å². The molecule has 2 heterocycles. The number of anilines is 1. The zero-order valence-electron chi connectivity index (χ0n) is 9.87. The molecule has 0 atom stereocenters. The standard InChI is InChI=1S/C12H17BrN2O/c1-8(2)12(16)6-15(7-12)11-10(13)4-9(3)5-14-11/h4-5,8,16H,6-7H2,1-3H3. The number of halogens is 1. The molecule has 0 amide bonds. The van der Waals surface area contributed by atoms with Gasteiger partial charge in [0.1, 0.15) is 11.4 Å². The van der Waals surface area contributed by atoms with Crippen LogP contribution in [0.1, 0.15) is 19.4 Å². The topological polar surface area (TPSA) is 36.4 Å². The van der Waals surface area contributed by atoms with Crippen molar-refractivity contribution >= 4 is 21.7 Å². The van der Waals surface area contributed by atoms with Gasteiger partial charge in [0, 0.05) is 6.20 Å². The number of β-amino-alcohol motifs (C(OH)–C–C–N with tert-alkyl or cyclic N) is 1. The van der Waals surface area contributed by atoms with Gasteiger partial charge in [-0.2, -0.15) is 0 Å². The first kappa shape index (κ1) is 11.9. The van der Waals surface area contributed by atoms with Crippen molar-refractivity contribution in [2.24, 2.45) is 5.92 Å². The third-order valence-electron chi connectivity index (χ3n) is 3.26. The zero-order chi connectivity index (χ0) is 11.9.